The topological polar surface area (TPSA) is 64.6 Å². The molecule has 0 spiro atoms. The zero-order chi connectivity index (χ0) is 18.9. The fraction of sp³-hybridized carbons (Fsp3) is 0.333. The van der Waals surface area contributed by atoms with Gasteiger partial charge in [-0.05, 0) is 30.0 Å². The molecule has 0 aliphatic rings. The van der Waals surface area contributed by atoms with Crippen molar-refractivity contribution in [1.82, 2.24) is 5.32 Å². The molecular formula is C21H25NO4. The molecule has 0 bridgehead atoms. The molecule has 1 amide bonds. The number of carbonyl (C=O) groups is 2. The van der Waals surface area contributed by atoms with Crippen LogP contribution in [0, 0.1) is 5.92 Å². The van der Waals surface area contributed by atoms with Crippen molar-refractivity contribution >= 4 is 11.9 Å². The molecule has 2 aromatic carbocycles. The summed E-state index contributed by atoms with van der Waals surface area (Å²) in [6.45, 7) is 4.16. The Hall–Kier alpha value is -2.82. The van der Waals surface area contributed by atoms with Crippen molar-refractivity contribution in [2.45, 2.75) is 32.9 Å². The summed E-state index contributed by atoms with van der Waals surface area (Å²) in [5.41, 5.74) is 1.29. The van der Waals surface area contributed by atoms with Crippen molar-refractivity contribution in [2.24, 2.45) is 5.92 Å². The van der Waals surface area contributed by atoms with Gasteiger partial charge in [0.1, 0.15) is 18.4 Å². The first kappa shape index (κ1) is 19.5. The number of carbonyl (C=O) groups excluding carboxylic acids is 2. The lowest BCUT2D eigenvalue weighted by atomic mass is 10.0. The number of para-hydroxylation sites is 1. The highest BCUT2D eigenvalue weighted by Gasteiger charge is 2.25. The number of methoxy groups -OCH3 is 1. The number of ether oxygens (including phenoxy) is 2. The lowest BCUT2D eigenvalue weighted by Crippen LogP contribution is -2.42. The minimum Gasteiger partial charge on any atom is -0.496 e. The number of amides is 1. The highest BCUT2D eigenvalue weighted by molar-refractivity contribution is 5.99. The van der Waals surface area contributed by atoms with Crippen LogP contribution in [-0.2, 0) is 16.1 Å². The van der Waals surface area contributed by atoms with Crippen molar-refractivity contribution in [3.8, 4) is 5.75 Å². The van der Waals surface area contributed by atoms with Gasteiger partial charge in [0, 0.05) is 0 Å². The predicted octanol–water partition coefficient (Wildman–Crippen LogP) is 3.58. The Labute approximate surface area is 154 Å². The SMILES string of the molecule is COc1ccccc1C(=O)N[C@@H](CC(C)C)C(=O)OCc1ccccc1. The molecule has 0 saturated heterocycles. The van der Waals surface area contributed by atoms with E-state index in [1.807, 2.05) is 44.2 Å². The molecule has 5 nitrogen and oxygen atoms in total. The number of rotatable bonds is 8. The second-order valence-corrected chi connectivity index (χ2v) is 6.45. The molecule has 1 N–H and O–H groups in total. The molecule has 0 aliphatic carbocycles. The van der Waals surface area contributed by atoms with Crippen LogP contribution in [0.3, 0.4) is 0 Å². The van der Waals surface area contributed by atoms with Gasteiger partial charge in [-0.2, -0.15) is 0 Å². The standard InChI is InChI=1S/C21H25NO4/c1-15(2)13-18(21(24)26-14-16-9-5-4-6-10-16)22-20(23)17-11-7-8-12-19(17)25-3/h4-12,15,18H,13-14H2,1-3H3,(H,22,23)/t18-/m0/s1. The van der Waals surface area contributed by atoms with Crippen LogP contribution in [0.4, 0.5) is 0 Å². The summed E-state index contributed by atoms with van der Waals surface area (Å²) in [6, 6.07) is 15.7. The van der Waals surface area contributed by atoms with Crippen LogP contribution in [0.2, 0.25) is 0 Å². The van der Waals surface area contributed by atoms with Gasteiger partial charge in [0.15, 0.2) is 0 Å². The lowest BCUT2D eigenvalue weighted by molar-refractivity contribution is -0.147. The van der Waals surface area contributed by atoms with E-state index in [4.69, 9.17) is 9.47 Å². The molecule has 0 heterocycles. The van der Waals surface area contributed by atoms with E-state index in [9.17, 15) is 9.59 Å². The Morgan fingerprint density at radius 3 is 2.31 bits per heavy atom. The highest BCUT2D eigenvalue weighted by atomic mass is 16.5. The van der Waals surface area contributed by atoms with Gasteiger partial charge >= 0.3 is 5.97 Å². The molecule has 2 rings (SSSR count). The molecular weight excluding hydrogens is 330 g/mol. The molecule has 0 aromatic heterocycles. The summed E-state index contributed by atoms with van der Waals surface area (Å²) in [5.74, 6) is -0.108. The quantitative estimate of drug-likeness (QED) is 0.735. The van der Waals surface area contributed by atoms with Crippen LogP contribution >= 0.6 is 0 Å². The molecule has 2 aromatic rings. The number of nitrogens with one attached hydrogen (secondary N) is 1. The third-order valence-electron chi connectivity index (χ3n) is 3.87. The van der Waals surface area contributed by atoms with E-state index in [2.05, 4.69) is 5.32 Å². The number of hydrogen-bond donors (Lipinski definition) is 1. The van der Waals surface area contributed by atoms with Crippen molar-refractivity contribution in [1.29, 1.82) is 0 Å². The Kier molecular flexibility index (Phi) is 7.21. The smallest absolute Gasteiger partial charge is 0.328 e. The van der Waals surface area contributed by atoms with E-state index >= 15 is 0 Å². The van der Waals surface area contributed by atoms with E-state index in [-0.39, 0.29) is 18.4 Å². The predicted molar refractivity (Wildman–Crippen MR) is 99.9 cm³/mol. The van der Waals surface area contributed by atoms with Gasteiger partial charge < -0.3 is 14.8 Å². The van der Waals surface area contributed by atoms with Gasteiger partial charge in [0.2, 0.25) is 0 Å². The van der Waals surface area contributed by atoms with Crippen LogP contribution in [0.25, 0.3) is 0 Å². The van der Waals surface area contributed by atoms with Crippen molar-refractivity contribution in [2.75, 3.05) is 7.11 Å². The third-order valence-corrected chi connectivity index (χ3v) is 3.87. The molecule has 1 atom stereocenters. The zero-order valence-corrected chi connectivity index (χ0v) is 15.4. The van der Waals surface area contributed by atoms with E-state index in [1.165, 1.54) is 7.11 Å². The number of esters is 1. The molecule has 26 heavy (non-hydrogen) atoms. The molecule has 0 saturated carbocycles. The normalized spacial score (nSPS) is 11.7. The average Bonchev–Trinajstić information content (AvgIpc) is 2.65. The maximum absolute atomic E-state index is 12.6. The maximum Gasteiger partial charge on any atom is 0.328 e. The summed E-state index contributed by atoms with van der Waals surface area (Å²) in [5, 5.41) is 2.78. The Morgan fingerprint density at radius 1 is 1.00 bits per heavy atom. The minimum absolute atomic E-state index is 0.179. The Balaban J connectivity index is 2.06. The van der Waals surface area contributed by atoms with Gasteiger partial charge in [0.05, 0.1) is 12.7 Å². The van der Waals surface area contributed by atoms with Crippen molar-refractivity contribution < 1.29 is 19.1 Å². The second kappa shape index (κ2) is 9.61. The summed E-state index contributed by atoms with van der Waals surface area (Å²) >= 11 is 0. The molecule has 0 radical (unpaired) electrons. The highest BCUT2D eigenvalue weighted by Crippen LogP contribution is 2.18. The Bertz CT molecular complexity index is 728. The van der Waals surface area contributed by atoms with Crippen molar-refractivity contribution in [3.63, 3.8) is 0 Å². The largest absolute Gasteiger partial charge is 0.496 e. The number of benzene rings is 2. The summed E-state index contributed by atoms with van der Waals surface area (Å²) in [6.07, 6.45) is 0.495. The first-order valence-corrected chi connectivity index (χ1v) is 8.65. The Morgan fingerprint density at radius 2 is 1.65 bits per heavy atom. The summed E-state index contributed by atoms with van der Waals surface area (Å²) < 4.78 is 10.6. The fourth-order valence-electron chi connectivity index (χ4n) is 2.58. The lowest BCUT2D eigenvalue weighted by Gasteiger charge is -2.20. The molecule has 0 fully saturated rings. The summed E-state index contributed by atoms with van der Waals surface area (Å²) in [7, 11) is 1.51. The van der Waals surface area contributed by atoms with Crippen LogP contribution < -0.4 is 10.1 Å². The fourth-order valence-corrected chi connectivity index (χ4v) is 2.58. The summed E-state index contributed by atoms with van der Waals surface area (Å²) in [4.78, 5) is 25.1. The van der Waals surface area contributed by atoms with Crippen LogP contribution in [0.1, 0.15) is 36.2 Å². The van der Waals surface area contributed by atoms with Crippen LogP contribution in [0.5, 0.6) is 5.75 Å². The molecule has 0 unspecified atom stereocenters. The van der Waals surface area contributed by atoms with Crippen molar-refractivity contribution in [3.05, 3.63) is 65.7 Å². The molecule has 0 aliphatic heterocycles. The van der Waals surface area contributed by atoms with Gasteiger partial charge in [-0.25, -0.2) is 4.79 Å². The maximum atomic E-state index is 12.6. The first-order valence-electron chi connectivity index (χ1n) is 8.65. The minimum atomic E-state index is -0.712. The van der Waals surface area contributed by atoms with Gasteiger partial charge in [-0.15, -0.1) is 0 Å². The molecule has 138 valence electrons. The average molecular weight is 355 g/mol. The van der Waals surface area contributed by atoms with E-state index in [0.717, 1.165) is 5.56 Å². The first-order chi connectivity index (χ1) is 12.5. The number of hydrogen-bond acceptors (Lipinski definition) is 4. The second-order valence-electron chi connectivity index (χ2n) is 6.45. The van der Waals surface area contributed by atoms with Crippen LogP contribution in [0.15, 0.2) is 54.6 Å². The van der Waals surface area contributed by atoms with Crippen LogP contribution in [-0.4, -0.2) is 25.0 Å². The van der Waals surface area contributed by atoms with E-state index < -0.39 is 12.0 Å². The van der Waals surface area contributed by atoms with Gasteiger partial charge in [-0.1, -0.05) is 56.3 Å². The zero-order valence-electron chi connectivity index (χ0n) is 15.4. The monoisotopic (exact) mass is 355 g/mol. The van der Waals surface area contributed by atoms with Gasteiger partial charge in [0.25, 0.3) is 5.91 Å². The molecule has 5 heteroatoms. The van der Waals surface area contributed by atoms with Gasteiger partial charge in [-0.3, -0.25) is 4.79 Å². The third kappa shape index (κ3) is 5.62. The van der Waals surface area contributed by atoms with E-state index in [0.29, 0.717) is 17.7 Å². The van der Waals surface area contributed by atoms with E-state index in [1.54, 1.807) is 24.3 Å².